The Kier molecular flexibility index (Phi) is 5.64. The van der Waals surface area contributed by atoms with Crippen LogP contribution in [0.3, 0.4) is 0 Å². The van der Waals surface area contributed by atoms with Crippen LogP contribution in [0.4, 0.5) is 11.4 Å². The van der Waals surface area contributed by atoms with Crippen molar-refractivity contribution in [1.29, 1.82) is 0 Å². The van der Waals surface area contributed by atoms with E-state index >= 15 is 0 Å². The average molecular weight is 333 g/mol. The molecule has 2 rings (SSSR count). The highest BCUT2D eigenvalue weighted by Gasteiger charge is 2.14. The van der Waals surface area contributed by atoms with E-state index < -0.39 is 6.10 Å². The fourth-order valence-corrected chi connectivity index (χ4v) is 2.37. The number of nitrogens with zero attached hydrogens (tertiary/aromatic N) is 1. The SMILES string of the molecule is Cc1cc(N(C)C)ccc1NC(=O)CC(O)c1ccc(Cl)cc1. The summed E-state index contributed by atoms with van der Waals surface area (Å²) in [6.07, 6.45) is -0.857. The van der Waals surface area contributed by atoms with Gasteiger partial charge in [0, 0.05) is 30.5 Å². The van der Waals surface area contributed by atoms with Gasteiger partial charge >= 0.3 is 0 Å². The van der Waals surface area contributed by atoms with E-state index in [1.807, 2.05) is 44.1 Å². The normalized spacial score (nSPS) is 11.9. The summed E-state index contributed by atoms with van der Waals surface area (Å²) in [7, 11) is 3.94. The molecule has 23 heavy (non-hydrogen) atoms. The third-order valence-corrected chi connectivity index (χ3v) is 3.89. The minimum atomic E-state index is -0.853. The second kappa shape index (κ2) is 7.49. The van der Waals surface area contributed by atoms with E-state index in [0.29, 0.717) is 10.6 Å². The van der Waals surface area contributed by atoms with E-state index in [4.69, 9.17) is 11.6 Å². The van der Waals surface area contributed by atoms with Crippen molar-refractivity contribution < 1.29 is 9.90 Å². The van der Waals surface area contributed by atoms with Crippen LogP contribution in [0.25, 0.3) is 0 Å². The number of aryl methyl sites for hydroxylation is 1. The van der Waals surface area contributed by atoms with Crippen molar-refractivity contribution in [3.63, 3.8) is 0 Å². The highest BCUT2D eigenvalue weighted by Crippen LogP contribution is 2.23. The third-order valence-electron chi connectivity index (χ3n) is 3.63. The standard InChI is InChI=1S/C18H21ClN2O2/c1-12-10-15(21(2)3)8-9-16(12)20-18(23)11-17(22)13-4-6-14(19)7-5-13/h4-10,17,22H,11H2,1-3H3,(H,20,23). The van der Waals surface area contributed by atoms with Gasteiger partial charge in [0.1, 0.15) is 0 Å². The molecule has 0 radical (unpaired) electrons. The van der Waals surface area contributed by atoms with Gasteiger partial charge in [0.2, 0.25) is 5.91 Å². The number of aliphatic hydroxyl groups excluding tert-OH is 1. The van der Waals surface area contributed by atoms with E-state index in [1.54, 1.807) is 24.3 Å². The molecule has 4 nitrogen and oxygen atoms in total. The van der Waals surface area contributed by atoms with Crippen molar-refractivity contribution in [2.45, 2.75) is 19.4 Å². The minimum absolute atomic E-state index is 0.00347. The molecule has 1 amide bonds. The maximum Gasteiger partial charge on any atom is 0.227 e. The Morgan fingerprint density at radius 2 is 1.87 bits per heavy atom. The molecule has 1 unspecified atom stereocenters. The van der Waals surface area contributed by atoms with Gasteiger partial charge in [0.25, 0.3) is 0 Å². The summed E-state index contributed by atoms with van der Waals surface area (Å²) in [6.45, 7) is 1.94. The highest BCUT2D eigenvalue weighted by molar-refractivity contribution is 6.30. The maximum atomic E-state index is 12.1. The lowest BCUT2D eigenvalue weighted by atomic mass is 10.1. The molecule has 5 heteroatoms. The van der Waals surface area contributed by atoms with Crippen LogP contribution < -0.4 is 10.2 Å². The first kappa shape index (κ1) is 17.3. The second-order valence-corrected chi connectivity index (χ2v) is 6.15. The molecule has 0 aliphatic rings. The van der Waals surface area contributed by atoms with Crippen molar-refractivity contribution in [1.82, 2.24) is 0 Å². The molecule has 0 saturated heterocycles. The predicted molar refractivity (Wildman–Crippen MR) is 95.2 cm³/mol. The van der Waals surface area contributed by atoms with Crippen molar-refractivity contribution in [3.05, 3.63) is 58.6 Å². The smallest absolute Gasteiger partial charge is 0.227 e. The molecule has 0 bridgehead atoms. The fraction of sp³-hybridized carbons (Fsp3) is 0.278. The zero-order valence-corrected chi connectivity index (χ0v) is 14.3. The monoisotopic (exact) mass is 332 g/mol. The minimum Gasteiger partial charge on any atom is -0.388 e. The topological polar surface area (TPSA) is 52.6 Å². The van der Waals surface area contributed by atoms with Gasteiger partial charge in [0.05, 0.1) is 12.5 Å². The summed E-state index contributed by atoms with van der Waals surface area (Å²) in [5.41, 5.74) is 3.47. The van der Waals surface area contributed by atoms with Crippen LogP contribution >= 0.6 is 11.6 Å². The van der Waals surface area contributed by atoms with Crippen LogP contribution in [-0.2, 0) is 4.79 Å². The largest absolute Gasteiger partial charge is 0.388 e. The first-order valence-electron chi connectivity index (χ1n) is 7.38. The Bertz CT molecular complexity index is 684. The van der Waals surface area contributed by atoms with E-state index in [0.717, 1.165) is 16.9 Å². The number of benzene rings is 2. The number of carbonyl (C=O) groups is 1. The number of carbonyl (C=O) groups excluding carboxylic acids is 1. The fourth-order valence-electron chi connectivity index (χ4n) is 2.25. The zero-order valence-electron chi connectivity index (χ0n) is 13.5. The number of amides is 1. The number of nitrogens with one attached hydrogen (secondary N) is 1. The number of hydrogen-bond acceptors (Lipinski definition) is 3. The average Bonchev–Trinajstić information content (AvgIpc) is 2.49. The van der Waals surface area contributed by atoms with Crippen LogP contribution in [0.5, 0.6) is 0 Å². The molecule has 0 aliphatic carbocycles. The number of anilines is 2. The van der Waals surface area contributed by atoms with Gasteiger partial charge in [-0.15, -0.1) is 0 Å². The number of hydrogen-bond donors (Lipinski definition) is 2. The third kappa shape index (κ3) is 4.71. The summed E-state index contributed by atoms with van der Waals surface area (Å²) in [5.74, 6) is -0.229. The van der Waals surface area contributed by atoms with Crippen LogP contribution in [0.1, 0.15) is 23.7 Å². The van der Waals surface area contributed by atoms with Gasteiger partial charge in [0.15, 0.2) is 0 Å². The second-order valence-electron chi connectivity index (χ2n) is 5.71. The molecule has 2 aromatic carbocycles. The quantitative estimate of drug-likeness (QED) is 0.876. The molecule has 0 fully saturated rings. The van der Waals surface area contributed by atoms with Crippen molar-refractivity contribution in [3.8, 4) is 0 Å². The summed E-state index contributed by atoms with van der Waals surface area (Å²) in [5, 5.41) is 13.6. The highest BCUT2D eigenvalue weighted by atomic mass is 35.5. The van der Waals surface area contributed by atoms with E-state index in [9.17, 15) is 9.90 Å². The Balaban J connectivity index is 2.00. The predicted octanol–water partition coefficient (Wildman–Crippen LogP) is 3.78. The van der Waals surface area contributed by atoms with Crippen molar-refractivity contribution in [2.24, 2.45) is 0 Å². The molecule has 1 atom stereocenters. The van der Waals surface area contributed by atoms with Crippen LogP contribution in [-0.4, -0.2) is 25.1 Å². The lowest BCUT2D eigenvalue weighted by molar-refractivity contribution is -0.118. The Labute approximate surface area is 141 Å². The molecule has 2 N–H and O–H groups in total. The van der Waals surface area contributed by atoms with E-state index in [2.05, 4.69) is 5.32 Å². The Hall–Kier alpha value is -2.04. The summed E-state index contributed by atoms with van der Waals surface area (Å²) >= 11 is 5.82. The van der Waals surface area contributed by atoms with E-state index in [-0.39, 0.29) is 12.3 Å². The van der Waals surface area contributed by atoms with Gasteiger partial charge < -0.3 is 15.3 Å². The van der Waals surface area contributed by atoms with Crippen molar-refractivity contribution >= 4 is 28.9 Å². The molecule has 2 aromatic rings. The van der Waals surface area contributed by atoms with Crippen LogP contribution in [0.2, 0.25) is 5.02 Å². The maximum absolute atomic E-state index is 12.1. The van der Waals surface area contributed by atoms with Crippen LogP contribution in [0.15, 0.2) is 42.5 Å². The summed E-state index contributed by atoms with van der Waals surface area (Å²) in [4.78, 5) is 14.1. The van der Waals surface area contributed by atoms with Gasteiger partial charge in [-0.05, 0) is 48.4 Å². The molecule has 0 saturated carbocycles. The lowest BCUT2D eigenvalue weighted by Crippen LogP contribution is -2.16. The lowest BCUT2D eigenvalue weighted by Gasteiger charge is -2.16. The van der Waals surface area contributed by atoms with Gasteiger partial charge in [-0.25, -0.2) is 0 Å². The number of halogens is 1. The van der Waals surface area contributed by atoms with Crippen LogP contribution in [0, 0.1) is 6.92 Å². The molecule has 0 spiro atoms. The van der Waals surface area contributed by atoms with Crippen molar-refractivity contribution in [2.75, 3.05) is 24.3 Å². The molecule has 0 aliphatic heterocycles. The van der Waals surface area contributed by atoms with Gasteiger partial charge in [-0.1, -0.05) is 23.7 Å². The first-order valence-corrected chi connectivity index (χ1v) is 7.76. The number of rotatable bonds is 5. The molecular formula is C18H21ClN2O2. The van der Waals surface area contributed by atoms with E-state index in [1.165, 1.54) is 0 Å². The molecular weight excluding hydrogens is 312 g/mol. The summed E-state index contributed by atoms with van der Waals surface area (Å²) < 4.78 is 0. The summed E-state index contributed by atoms with van der Waals surface area (Å²) in [6, 6.07) is 12.7. The molecule has 0 aromatic heterocycles. The van der Waals surface area contributed by atoms with Gasteiger partial charge in [-0.2, -0.15) is 0 Å². The zero-order chi connectivity index (χ0) is 17.0. The first-order chi connectivity index (χ1) is 10.9. The number of aliphatic hydroxyl groups is 1. The Morgan fingerprint density at radius 1 is 1.22 bits per heavy atom. The molecule has 122 valence electrons. The van der Waals surface area contributed by atoms with Gasteiger partial charge in [-0.3, -0.25) is 4.79 Å². The Morgan fingerprint density at radius 3 is 2.43 bits per heavy atom. The molecule has 0 heterocycles.